The summed E-state index contributed by atoms with van der Waals surface area (Å²) >= 11 is 0. The van der Waals surface area contributed by atoms with Crippen LogP contribution >= 0.6 is 0 Å². The molecule has 0 bridgehead atoms. The van der Waals surface area contributed by atoms with Crippen LogP contribution in [0.3, 0.4) is 0 Å². The molecule has 7 heteroatoms. The van der Waals surface area contributed by atoms with Crippen LogP contribution in [0.4, 0.5) is 0 Å². The van der Waals surface area contributed by atoms with E-state index in [1.807, 2.05) is 0 Å². The van der Waals surface area contributed by atoms with E-state index in [1.54, 1.807) is 13.0 Å². The van der Waals surface area contributed by atoms with E-state index in [0.29, 0.717) is 17.0 Å². The van der Waals surface area contributed by atoms with Gasteiger partial charge in [-0.25, -0.2) is 4.98 Å². The Morgan fingerprint density at radius 2 is 2.06 bits per heavy atom. The molecule has 0 aliphatic heterocycles. The molecule has 1 aromatic carbocycles. The second kappa shape index (κ2) is 4.01. The average molecular weight is 256 g/mol. The van der Waals surface area contributed by atoms with Crippen LogP contribution in [-0.2, 0) is 10.3 Å². The number of oxazole rings is 1. The van der Waals surface area contributed by atoms with E-state index in [-0.39, 0.29) is 5.75 Å². The van der Waals surface area contributed by atoms with Crippen LogP contribution in [0.15, 0.2) is 22.6 Å². The molecule has 0 radical (unpaired) electrons. The predicted molar refractivity (Wildman–Crippen MR) is 62.0 cm³/mol. The SMILES string of the molecule is Cc1nc2ccc(OS(=O)(=O)N(C)C)cc2o1. The van der Waals surface area contributed by atoms with E-state index >= 15 is 0 Å². The van der Waals surface area contributed by atoms with Crippen molar-refractivity contribution in [3.05, 3.63) is 24.1 Å². The van der Waals surface area contributed by atoms with Crippen LogP contribution < -0.4 is 4.18 Å². The Morgan fingerprint density at radius 3 is 2.71 bits per heavy atom. The smallest absolute Gasteiger partial charge is 0.384 e. The third-order valence-corrected chi connectivity index (χ3v) is 3.41. The summed E-state index contributed by atoms with van der Waals surface area (Å²) in [7, 11) is -0.951. The molecule has 0 spiro atoms. The van der Waals surface area contributed by atoms with E-state index in [2.05, 4.69) is 4.98 Å². The summed E-state index contributed by atoms with van der Waals surface area (Å²) in [4.78, 5) is 4.10. The van der Waals surface area contributed by atoms with Gasteiger partial charge in [-0.2, -0.15) is 12.7 Å². The van der Waals surface area contributed by atoms with Crippen molar-refractivity contribution < 1.29 is 17.0 Å². The first-order valence-corrected chi connectivity index (χ1v) is 6.24. The zero-order chi connectivity index (χ0) is 12.6. The summed E-state index contributed by atoms with van der Waals surface area (Å²) in [5.41, 5.74) is 1.16. The summed E-state index contributed by atoms with van der Waals surface area (Å²) < 4.78 is 34.2. The van der Waals surface area contributed by atoms with Crippen LogP contribution in [0, 0.1) is 6.92 Å². The van der Waals surface area contributed by atoms with Gasteiger partial charge in [0.05, 0.1) is 0 Å². The molecule has 0 saturated carbocycles. The fraction of sp³-hybridized carbons (Fsp3) is 0.300. The number of benzene rings is 1. The summed E-state index contributed by atoms with van der Waals surface area (Å²) in [6.07, 6.45) is 0. The lowest BCUT2D eigenvalue weighted by Crippen LogP contribution is -2.26. The van der Waals surface area contributed by atoms with Gasteiger partial charge in [-0.1, -0.05) is 0 Å². The number of nitrogens with zero attached hydrogens (tertiary/aromatic N) is 2. The summed E-state index contributed by atoms with van der Waals surface area (Å²) in [6.45, 7) is 1.72. The Hall–Kier alpha value is -1.60. The molecule has 1 aromatic heterocycles. The zero-order valence-corrected chi connectivity index (χ0v) is 10.5. The summed E-state index contributed by atoms with van der Waals surface area (Å²) in [6, 6.07) is 4.67. The van der Waals surface area contributed by atoms with E-state index in [4.69, 9.17) is 8.60 Å². The van der Waals surface area contributed by atoms with Crippen molar-refractivity contribution in [1.82, 2.24) is 9.29 Å². The first-order valence-electron chi connectivity index (χ1n) is 4.87. The highest BCUT2D eigenvalue weighted by atomic mass is 32.2. The van der Waals surface area contributed by atoms with Crippen LogP contribution in [0.2, 0.25) is 0 Å². The van der Waals surface area contributed by atoms with Crippen molar-refractivity contribution in [3.63, 3.8) is 0 Å². The largest absolute Gasteiger partial charge is 0.441 e. The minimum absolute atomic E-state index is 0.197. The molecule has 0 atom stereocenters. The number of hydrogen-bond donors (Lipinski definition) is 0. The lowest BCUT2D eigenvalue weighted by Gasteiger charge is -2.11. The van der Waals surface area contributed by atoms with E-state index in [1.165, 1.54) is 26.2 Å². The highest BCUT2D eigenvalue weighted by Crippen LogP contribution is 2.22. The highest BCUT2D eigenvalue weighted by Gasteiger charge is 2.16. The molecule has 0 fully saturated rings. The monoisotopic (exact) mass is 256 g/mol. The van der Waals surface area contributed by atoms with Gasteiger partial charge in [0.25, 0.3) is 0 Å². The van der Waals surface area contributed by atoms with E-state index in [0.717, 1.165) is 4.31 Å². The molecule has 2 aromatic rings. The fourth-order valence-corrected chi connectivity index (χ4v) is 1.76. The standard InChI is InChI=1S/C10H12N2O4S/c1-7-11-9-5-4-8(6-10(9)15-7)16-17(13,14)12(2)3/h4-6H,1-3H3. The number of aryl methyl sites for hydroxylation is 1. The maximum absolute atomic E-state index is 11.5. The second-order valence-electron chi connectivity index (χ2n) is 3.69. The van der Waals surface area contributed by atoms with Gasteiger partial charge in [0, 0.05) is 27.1 Å². The van der Waals surface area contributed by atoms with Crippen molar-refractivity contribution >= 4 is 21.4 Å². The molecule has 0 aliphatic carbocycles. The highest BCUT2D eigenvalue weighted by molar-refractivity contribution is 7.84. The molecule has 92 valence electrons. The maximum atomic E-state index is 11.5. The van der Waals surface area contributed by atoms with Gasteiger partial charge >= 0.3 is 10.3 Å². The molecule has 17 heavy (non-hydrogen) atoms. The molecule has 2 rings (SSSR count). The third-order valence-electron chi connectivity index (χ3n) is 2.12. The predicted octanol–water partition coefficient (Wildman–Crippen LogP) is 1.32. The zero-order valence-electron chi connectivity index (χ0n) is 9.67. The summed E-state index contributed by atoms with van der Waals surface area (Å²) in [5, 5.41) is 0. The van der Waals surface area contributed by atoms with Crippen LogP contribution in [0.25, 0.3) is 11.1 Å². The molecule has 6 nitrogen and oxygen atoms in total. The van der Waals surface area contributed by atoms with Gasteiger partial charge in [-0.3, -0.25) is 0 Å². The molecular weight excluding hydrogens is 244 g/mol. The minimum atomic E-state index is -3.74. The van der Waals surface area contributed by atoms with Crippen molar-refractivity contribution in [1.29, 1.82) is 0 Å². The van der Waals surface area contributed by atoms with Crippen molar-refractivity contribution in [3.8, 4) is 5.75 Å². The van der Waals surface area contributed by atoms with E-state index < -0.39 is 10.3 Å². The second-order valence-corrected chi connectivity index (χ2v) is 5.44. The molecular formula is C10H12N2O4S. The molecule has 0 N–H and O–H groups in total. The quantitative estimate of drug-likeness (QED) is 0.828. The minimum Gasteiger partial charge on any atom is -0.441 e. The first-order chi connectivity index (χ1) is 7.88. The van der Waals surface area contributed by atoms with Crippen molar-refractivity contribution in [2.75, 3.05) is 14.1 Å². The lowest BCUT2D eigenvalue weighted by molar-refractivity contribution is 0.421. The Morgan fingerprint density at radius 1 is 1.35 bits per heavy atom. The first kappa shape index (κ1) is 11.9. The number of aromatic nitrogens is 1. The van der Waals surface area contributed by atoms with Crippen LogP contribution in [-0.4, -0.2) is 31.8 Å². The van der Waals surface area contributed by atoms with Gasteiger partial charge in [-0.05, 0) is 12.1 Å². The molecule has 1 heterocycles. The topological polar surface area (TPSA) is 72.6 Å². The molecule has 0 unspecified atom stereocenters. The van der Waals surface area contributed by atoms with Gasteiger partial charge < -0.3 is 8.60 Å². The Balaban J connectivity index is 2.37. The number of rotatable bonds is 3. The average Bonchev–Trinajstić information content (AvgIpc) is 2.56. The molecule has 0 saturated heterocycles. The fourth-order valence-electron chi connectivity index (χ4n) is 1.27. The normalized spacial score (nSPS) is 12.2. The molecule has 0 aliphatic rings. The maximum Gasteiger partial charge on any atom is 0.384 e. The van der Waals surface area contributed by atoms with Crippen LogP contribution in [0.1, 0.15) is 5.89 Å². The number of fused-ring (bicyclic) bond motifs is 1. The Kier molecular flexibility index (Phi) is 2.80. The molecule has 0 amide bonds. The van der Waals surface area contributed by atoms with Gasteiger partial charge in [0.15, 0.2) is 11.5 Å². The van der Waals surface area contributed by atoms with Gasteiger partial charge in [-0.15, -0.1) is 0 Å². The Bertz CT molecular complexity index is 645. The number of hydrogen-bond acceptors (Lipinski definition) is 5. The van der Waals surface area contributed by atoms with Crippen molar-refractivity contribution in [2.24, 2.45) is 0 Å². The van der Waals surface area contributed by atoms with Gasteiger partial charge in [0.1, 0.15) is 11.3 Å². The third kappa shape index (κ3) is 2.40. The summed E-state index contributed by atoms with van der Waals surface area (Å²) in [5.74, 6) is 0.718. The van der Waals surface area contributed by atoms with Gasteiger partial charge in [0.2, 0.25) is 0 Å². The van der Waals surface area contributed by atoms with Crippen molar-refractivity contribution in [2.45, 2.75) is 6.92 Å². The Labute approximate surface area is 99.1 Å². The lowest BCUT2D eigenvalue weighted by atomic mass is 10.3. The van der Waals surface area contributed by atoms with Crippen LogP contribution in [0.5, 0.6) is 5.75 Å². The van der Waals surface area contributed by atoms with E-state index in [9.17, 15) is 8.42 Å².